The van der Waals surface area contributed by atoms with Gasteiger partial charge in [0.15, 0.2) is 0 Å². The molecule has 0 bridgehead atoms. The van der Waals surface area contributed by atoms with Gasteiger partial charge in [0, 0.05) is 37.8 Å². The topological polar surface area (TPSA) is 78.5 Å². The third kappa shape index (κ3) is 3.25. The maximum atomic E-state index is 12.7. The van der Waals surface area contributed by atoms with Crippen molar-refractivity contribution < 1.29 is 13.2 Å². The Labute approximate surface area is 125 Å². The SMILES string of the molecule is CNC(=O)c1ccc(S(=O)(=O)N2CC(C)NCC2C)cc1. The summed E-state index contributed by atoms with van der Waals surface area (Å²) >= 11 is 0. The van der Waals surface area contributed by atoms with E-state index in [1.807, 2.05) is 13.8 Å². The van der Waals surface area contributed by atoms with Crippen LogP contribution in [0.25, 0.3) is 0 Å². The summed E-state index contributed by atoms with van der Waals surface area (Å²) in [5.41, 5.74) is 0.443. The van der Waals surface area contributed by atoms with Crippen LogP contribution >= 0.6 is 0 Å². The summed E-state index contributed by atoms with van der Waals surface area (Å²) in [6.45, 7) is 4.93. The molecule has 2 N–H and O–H groups in total. The first-order chi connectivity index (χ1) is 9.86. The van der Waals surface area contributed by atoms with E-state index in [0.29, 0.717) is 18.7 Å². The standard InChI is InChI=1S/C14H21N3O3S/c1-10-9-17(11(2)8-16-10)21(19,20)13-6-4-12(5-7-13)14(18)15-3/h4-7,10-11,16H,8-9H2,1-3H3,(H,15,18). The molecule has 0 aliphatic carbocycles. The summed E-state index contributed by atoms with van der Waals surface area (Å²) in [7, 11) is -1.99. The second kappa shape index (κ2) is 6.13. The molecule has 1 aliphatic rings. The van der Waals surface area contributed by atoms with Gasteiger partial charge in [-0.2, -0.15) is 4.31 Å². The van der Waals surface area contributed by atoms with Gasteiger partial charge in [-0.25, -0.2) is 8.42 Å². The number of carbonyl (C=O) groups is 1. The van der Waals surface area contributed by atoms with E-state index in [2.05, 4.69) is 10.6 Å². The fourth-order valence-electron chi connectivity index (χ4n) is 2.38. The molecule has 0 spiro atoms. The van der Waals surface area contributed by atoms with E-state index in [-0.39, 0.29) is 22.9 Å². The quantitative estimate of drug-likeness (QED) is 0.848. The normalized spacial score (nSPS) is 23.8. The Hall–Kier alpha value is -1.44. The van der Waals surface area contributed by atoms with Crippen molar-refractivity contribution in [1.29, 1.82) is 0 Å². The van der Waals surface area contributed by atoms with Gasteiger partial charge in [0.1, 0.15) is 0 Å². The van der Waals surface area contributed by atoms with Crippen LogP contribution in [-0.4, -0.2) is 50.9 Å². The maximum Gasteiger partial charge on any atom is 0.251 e. The van der Waals surface area contributed by atoms with E-state index in [4.69, 9.17) is 0 Å². The van der Waals surface area contributed by atoms with Crippen LogP contribution in [0.3, 0.4) is 0 Å². The van der Waals surface area contributed by atoms with Crippen molar-refractivity contribution in [3.63, 3.8) is 0 Å². The van der Waals surface area contributed by atoms with Crippen molar-refractivity contribution in [2.75, 3.05) is 20.1 Å². The summed E-state index contributed by atoms with van der Waals surface area (Å²) < 4.78 is 26.9. The highest BCUT2D eigenvalue weighted by molar-refractivity contribution is 7.89. The number of amides is 1. The minimum Gasteiger partial charge on any atom is -0.355 e. The van der Waals surface area contributed by atoms with Gasteiger partial charge in [0.25, 0.3) is 5.91 Å². The van der Waals surface area contributed by atoms with Gasteiger partial charge in [-0.3, -0.25) is 4.79 Å². The lowest BCUT2D eigenvalue weighted by atomic mass is 10.2. The monoisotopic (exact) mass is 311 g/mol. The fourth-order valence-corrected chi connectivity index (χ4v) is 4.10. The van der Waals surface area contributed by atoms with Gasteiger partial charge in [-0.05, 0) is 38.1 Å². The number of piperazine rings is 1. The molecule has 1 heterocycles. The molecule has 2 unspecified atom stereocenters. The van der Waals surface area contributed by atoms with Crippen LogP contribution in [0.5, 0.6) is 0 Å². The Morgan fingerprint density at radius 2 is 1.90 bits per heavy atom. The van der Waals surface area contributed by atoms with Crippen LogP contribution in [0.2, 0.25) is 0 Å². The lowest BCUT2D eigenvalue weighted by molar-refractivity contribution is 0.0963. The zero-order valence-electron chi connectivity index (χ0n) is 12.5. The first-order valence-corrected chi connectivity index (χ1v) is 8.37. The minimum absolute atomic E-state index is 0.0928. The average molecular weight is 311 g/mol. The molecule has 1 amide bonds. The van der Waals surface area contributed by atoms with E-state index in [1.165, 1.54) is 35.6 Å². The van der Waals surface area contributed by atoms with Crippen LogP contribution in [0.15, 0.2) is 29.2 Å². The number of nitrogens with zero attached hydrogens (tertiary/aromatic N) is 1. The van der Waals surface area contributed by atoms with Gasteiger partial charge in [0.05, 0.1) is 4.90 Å². The minimum atomic E-state index is -3.53. The van der Waals surface area contributed by atoms with Gasteiger partial charge in [-0.15, -0.1) is 0 Å². The van der Waals surface area contributed by atoms with Gasteiger partial charge >= 0.3 is 0 Å². The molecule has 7 heteroatoms. The lowest BCUT2D eigenvalue weighted by Crippen LogP contribution is -2.56. The maximum absolute atomic E-state index is 12.7. The van der Waals surface area contributed by atoms with Crippen molar-refractivity contribution >= 4 is 15.9 Å². The van der Waals surface area contributed by atoms with Gasteiger partial charge in [-0.1, -0.05) is 0 Å². The van der Waals surface area contributed by atoms with Gasteiger partial charge < -0.3 is 10.6 Å². The smallest absolute Gasteiger partial charge is 0.251 e. The molecular formula is C14H21N3O3S. The summed E-state index contributed by atoms with van der Waals surface area (Å²) in [4.78, 5) is 11.7. The Kier molecular flexibility index (Phi) is 4.65. The first-order valence-electron chi connectivity index (χ1n) is 6.93. The number of rotatable bonds is 3. The van der Waals surface area contributed by atoms with Gasteiger partial charge in [0.2, 0.25) is 10.0 Å². The molecule has 6 nitrogen and oxygen atoms in total. The number of hydrogen-bond acceptors (Lipinski definition) is 4. The van der Waals surface area contributed by atoms with Crippen molar-refractivity contribution in [2.45, 2.75) is 30.8 Å². The fraction of sp³-hybridized carbons (Fsp3) is 0.500. The van der Waals surface area contributed by atoms with Crippen LogP contribution in [0, 0.1) is 0 Å². The number of nitrogens with one attached hydrogen (secondary N) is 2. The third-order valence-electron chi connectivity index (χ3n) is 3.66. The van der Waals surface area contributed by atoms with E-state index in [1.54, 1.807) is 0 Å². The molecular weight excluding hydrogens is 290 g/mol. The van der Waals surface area contributed by atoms with Crippen LogP contribution in [0.1, 0.15) is 24.2 Å². The number of hydrogen-bond donors (Lipinski definition) is 2. The summed E-state index contributed by atoms with van der Waals surface area (Å²) in [5, 5.41) is 5.77. The zero-order chi connectivity index (χ0) is 15.6. The number of sulfonamides is 1. The Morgan fingerprint density at radius 1 is 1.29 bits per heavy atom. The Bertz CT molecular complexity index is 613. The second-order valence-electron chi connectivity index (χ2n) is 5.34. The van der Waals surface area contributed by atoms with Crippen LogP contribution < -0.4 is 10.6 Å². The lowest BCUT2D eigenvalue weighted by Gasteiger charge is -2.36. The highest BCUT2D eigenvalue weighted by atomic mass is 32.2. The Morgan fingerprint density at radius 3 is 2.48 bits per heavy atom. The third-order valence-corrected chi connectivity index (χ3v) is 5.65. The van der Waals surface area contributed by atoms with Crippen molar-refractivity contribution in [2.24, 2.45) is 0 Å². The van der Waals surface area contributed by atoms with Crippen molar-refractivity contribution in [1.82, 2.24) is 14.9 Å². The van der Waals surface area contributed by atoms with Crippen molar-refractivity contribution in [3.8, 4) is 0 Å². The molecule has 2 atom stereocenters. The predicted molar refractivity (Wildman–Crippen MR) is 80.7 cm³/mol. The molecule has 0 aromatic heterocycles. The summed E-state index contributed by atoms with van der Waals surface area (Å²) in [5.74, 6) is -0.233. The summed E-state index contributed by atoms with van der Waals surface area (Å²) in [6.07, 6.45) is 0. The molecule has 2 rings (SSSR count). The summed E-state index contributed by atoms with van der Waals surface area (Å²) in [6, 6.07) is 6.06. The molecule has 1 fully saturated rings. The highest BCUT2D eigenvalue weighted by Gasteiger charge is 2.33. The van der Waals surface area contributed by atoms with E-state index >= 15 is 0 Å². The van der Waals surface area contributed by atoms with Crippen LogP contribution in [0.4, 0.5) is 0 Å². The van der Waals surface area contributed by atoms with E-state index in [0.717, 1.165) is 0 Å². The molecule has 0 saturated carbocycles. The number of carbonyl (C=O) groups excluding carboxylic acids is 1. The molecule has 0 radical (unpaired) electrons. The van der Waals surface area contributed by atoms with E-state index in [9.17, 15) is 13.2 Å². The highest BCUT2D eigenvalue weighted by Crippen LogP contribution is 2.21. The zero-order valence-corrected chi connectivity index (χ0v) is 13.3. The molecule has 1 saturated heterocycles. The van der Waals surface area contributed by atoms with Crippen LogP contribution in [-0.2, 0) is 10.0 Å². The predicted octanol–water partition coefficient (Wildman–Crippen LogP) is 0.417. The second-order valence-corrected chi connectivity index (χ2v) is 7.23. The molecule has 1 aliphatic heterocycles. The Balaban J connectivity index is 2.28. The van der Waals surface area contributed by atoms with Crippen molar-refractivity contribution in [3.05, 3.63) is 29.8 Å². The average Bonchev–Trinajstić information content (AvgIpc) is 2.49. The largest absolute Gasteiger partial charge is 0.355 e. The molecule has 1 aromatic rings. The number of benzene rings is 1. The first kappa shape index (κ1) is 15.9. The van der Waals surface area contributed by atoms with E-state index < -0.39 is 10.0 Å². The molecule has 116 valence electrons. The molecule has 1 aromatic carbocycles. The molecule has 21 heavy (non-hydrogen) atoms.